The Morgan fingerprint density at radius 1 is 1.09 bits per heavy atom. The van der Waals surface area contributed by atoms with E-state index in [0.29, 0.717) is 13.0 Å². The van der Waals surface area contributed by atoms with Crippen molar-refractivity contribution in [3.05, 3.63) is 40.2 Å². The molecule has 0 spiro atoms. The van der Waals surface area contributed by atoms with Crippen LogP contribution in [0.3, 0.4) is 0 Å². The highest BCUT2D eigenvalue weighted by Crippen LogP contribution is 2.30. The molecule has 2 aromatic rings. The first-order valence-electron chi connectivity index (χ1n) is 11.2. The Labute approximate surface area is 193 Å². The van der Waals surface area contributed by atoms with Gasteiger partial charge in [0.05, 0.1) is 29.7 Å². The molecule has 2 saturated heterocycles. The van der Waals surface area contributed by atoms with Gasteiger partial charge in [-0.3, -0.25) is 4.79 Å². The summed E-state index contributed by atoms with van der Waals surface area (Å²) in [5.74, 6) is -0.00247. The van der Waals surface area contributed by atoms with Crippen LogP contribution in [0.25, 0.3) is 11.3 Å². The number of ketones is 1. The van der Waals surface area contributed by atoms with Gasteiger partial charge < -0.3 is 9.80 Å². The molecule has 2 aliphatic heterocycles. The minimum absolute atomic E-state index is 0.00757. The van der Waals surface area contributed by atoms with Crippen LogP contribution in [-0.2, 0) is 27.5 Å². The first-order chi connectivity index (χ1) is 15.4. The average Bonchev–Trinajstić information content (AvgIpc) is 3.22. The minimum Gasteiger partial charge on any atom is -0.323 e. The number of urea groups is 1. The molecule has 9 heteroatoms. The van der Waals surface area contributed by atoms with Crippen molar-refractivity contribution in [2.24, 2.45) is 0 Å². The number of sulfone groups is 1. The van der Waals surface area contributed by atoms with E-state index in [0.717, 1.165) is 40.4 Å². The maximum atomic E-state index is 13.3. The number of hydrogen-bond acceptors (Lipinski definition) is 6. The van der Waals surface area contributed by atoms with Gasteiger partial charge >= 0.3 is 6.03 Å². The van der Waals surface area contributed by atoms with E-state index < -0.39 is 15.9 Å². The van der Waals surface area contributed by atoms with Gasteiger partial charge in [-0.2, -0.15) is 0 Å². The molecule has 172 valence electrons. The van der Waals surface area contributed by atoms with E-state index in [-0.39, 0.29) is 42.8 Å². The minimum atomic E-state index is -3.06. The summed E-state index contributed by atoms with van der Waals surface area (Å²) in [7, 11) is -3.06. The molecule has 0 bridgehead atoms. The lowest BCUT2D eigenvalue weighted by atomic mass is 9.97. The Kier molecular flexibility index (Phi) is 6.95. The lowest BCUT2D eigenvalue weighted by Crippen LogP contribution is -2.56. The highest BCUT2D eigenvalue weighted by Gasteiger charge is 2.36. The van der Waals surface area contributed by atoms with Crippen LogP contribution in [0.5, 0.6) is 0 Å². The van der Waals surface area contributed by atoms with E-state index in [1.54, 1.807) is 21.1 Å². The van der Waals surface area contributed by atoms with Crippen LogP contribution in [0.15, 0.2) is 30.3 Å². The van der Waals surface area contributed by atoms with Gasteiger partial charge in [0.1, 0.15) is 5.01 Å². The second-order valence-corrected chi connectivity index (χ2v) is 11.8. The number of piperidine rings is 1. The monoisotopic (exact) mass is 475 g/mol. The zero-order valence-electron chi connectivity index (χ0n) is 18.3. The Hall–Kier alpha value is -2.26. The predicted octanol–water partition coefficient (Wildman–Crippen LogP) is 3.19. The molecule has 4 rings (SSSR count). The van der Waals surface area contributed by atoms with E-state index in [1.165, 1.54) is 0 Å². The predicted molar refractivity (Wildman–Crippen MR) is 126 cm³/mol. The molecule has 2 amide bonds. The summed E-state index contributed by atoms with van der Waals surface area (Å²) in [6.07, 6.45) is 3.47. The highest BCUT2D eigenvalue weighted by molar-refractivity contribution is 7.91. The normalized spacial score (nSPS) is 20.8. The van der Waals surface area contributed by atoms with Crippen LogP contribution in [0.2, 0.25) is 0 Å². The topological polar surface area (TPSA) is 87.7 Å². The molecule has 2 aliphatic rings. The number of aryl methyl sites for hydroxylation is 1. The summed E-state index contributed by atoms with van der Waals surface area (Å²) >= 11 is 1.57. The fourth-order valence-corrected chi connectivity index (χ4v) is 6.63. The third-order valence-corrected chi connectivity index (χ3v) is 8.98. The molecule has 0 aliphatic carbocycles. The summed E-state index contributed by atoms with van der Waals surface area (Å²) in [5.41, 5.74) is 1.99. The van der Waals surface area contributed by atoms with Crippen molar-refractivity contribution < 1.29 is 18.0 Å². The van der Waals surface area contributed by atoms with Crippen molar-refractivity contribution in [1.82, 2.24) is 14.8 Å². The molecule has 1 aromatic carbocycles. The van der Waals surface area contributed by atoms with Crippen molar-refractivity contribution in [3.63, 3.8) is 0 Å². The van der Waals surface area contributed by atoms with E-state index in [1.807, 2.05) is 30.3 Å². The van der Waals surface area contributed by atoms with Crippen molar-refractivity contribution in [2.45, 2.75) is 45.1 Å². The van der Waals surface area contributed by atoms with Crippen molar-refractivity contribution >= 4 is 33.0 Å². The molecule has 7 nitrogen and oxygen atoms in total. The second kappa shape index (κ2) is 9.70. The van der Waals surface area contributed by atoms with Crippen LogP contribution in [0.4, 0.5) is 4.79 Å². The van der Waals surface area contributed by atoms with Gasteiger partial charge in [0.15, 0.2) is 15.6 Å². The Balaban J connectivity index is 1.48. The molecule has 0 radical (unpaired) electrons. The number of amides is 2. The molecule has 0 unspecified atom stereocenters. The zero-order valence-corrected chi connectivity index (χ0v) is 20.0. The molecule has 3 heterocycles. The van der Waals surface area contributed by atoms with Gasteiger partial charge in [-0.25, -0.2) is 18.2 Å². The number of Topliss-reactive ketones (excluding diaryl/α,β-unsaturated/α-hetero) is 1. The Bertz CT molecular complexity index is 1070. The molecule has 0 N–H and O–H groups in total. The fraction of sp³-hybridized carbons (Fsp3) is 0.522. The molecular weight excluding hydrogens is 446 g/mol. The number of rotatable bonds is 5. The van der Waals surface area contributed by atoms with E-state index in [2.05, 4.69) is 6.92 Å². The summed E-state index contributed by atoms with van der Waals surface area (Å²) < 4.78 is 23.4. The number of carbonyl (C=O) groups excluding carboxylic acids is 2. The summed E-state index contributed by atoms with van der Waals surface area (Å²) in [5, 5.41) is 0.785. The number of aromatic nitrogens is 1. The Morgan fingerprint density at radius 2 is 1.81 bits per heavy atom. The Morgan fingerprint density at radius 3 is 2.50 bits per heavy atom. The van der Waals surface area contributed by atoms with Crippen LogP contribution < -0.4 is 0 Å². The largest absolute Gasteiger partial charge is 0.323 e. The van der Waals surface area contributed by atoms with Crippen LogP contribution in [0.1, 0.15) is 36.1 Å². The number of benzene rings is 1. The van der Waals surface area contributed by atoms with Crippen LogP contribution >= 0.6 is 11.3 Å². The number of nitrogens with zero attached hydrogens (tertiary/aromatic N) is 3. The fourth-order valence-electron chi connectivity index (χ4n) is 4.38. The molecular formula is C23H29N3O4S2. The number of likely N-dealkylation sites (tertiary alicyclic amines) is 1. The molecule has 1 aromatic heterocycles. The second-order valence-electron chi connectivity index (χ2n) is 8.37. The third kappa shape index (κ3) is 5.04. The van der Waals surface area contributed by atoms with Gasteiger partial charge in [-0.05, 0) is 25.7 Å². The summed E-state index contributed by atoms with van der Waals surface area (Å²) in [6, 6.07) is 9.31. The van der Waals surface area contributed by atoms with E-state index in [9.17, 15) is 18.0 Å². The standard InChI is InChI=1S/C23H29N3O4S2/c1-2-20-22(17-8-4-3-5-9-17)24-21(31-20)16-19(27)18-10-6-7-11-26(18)23(28)25-12-14-32(29,30)15-13-25/h3-5,8-9,18H,2,6-7,10-16H2,1H3/t18-/m0/s1. The van der Waals surface area contributed by atoms with Gasteiger partial charge in [0, 0.05) is 30.1 Å². The van der Waals surface area contributed by atoms with Crippen molar-refractivity contribution in [2.75, 3.05) is 31.1 Å². The zero-order chi connectivity index (χ0) is 22.7. The van der Waals surface area contributed by atoms with Crippen molar-refractivity contribution in [3.8, 4) is 11.3 Å². The third-order valence-electron chi connectivity index (χ3n) is 6.17. The molecule has 0 saturated carbocycles. The number of carbonyl (C=O) groups is 2. The quantitative estimate of drug-likeness (QED) is 0.663. The summed E-state index contributed by atoms with van der Waals surface area (Å²) in [6.45, 7) is 3.02. The van der Waals surface area contributed by atoms with Crippen molar-refractivity contribution in [1.29, 1.82) is 0 Å². The van der Waals surface area contributed by atoms with E-state index in [4.69, 9.17) is 4.98 Å². The van der Waals surface area contributed by atoms with Gasteiger partial charge in [-0.15, -0.1) is 11.3 Å². The lowest BCUT2D eigenvalue weighted by molar-refractivity contribution is -0.123. The average molecular weight is 476 g/mol. The van der Waals surface area contributed by atoms with Crippen LogP contribution in [-0.4, -0.2) is 72.2 Å². The number of thiazole rings is 1. The summed E-state index contributed by atoms with van der Waals surface area (Å²) in [4.78, 5) is 35.6. The molecule has 32 heavy (non-hydrogen) atoms. The van der Waals surface area contributed by atoms with Gasteiger partial charge in [0.25, 0.3) is 0 Å². The van der Waals surface area contributed by atoms with Gasteiger partial charge in [0.2, 0.25) is 0 Å². The maximum Gasteiger partial charge on any atom is 0.320 e. The number of hydrogen-bond donors (Lipinski definition) is 0. The highest BCUT2D eigenvalue weighted by atomic mass is 32.2. The molecule has 1 atom stereocenters. The van der Waals surface area contributed by atoms with Crippen LogP contribution in [0, 0.1) is 0 Å². The smallest absolute Gasteiger partial charge is 0.320 e. The maximum absolute atomic E-state index is 13.3. The van der Waals surface area contributed by atoms with Gasteiger partial charge in [-0.1, -0.05) is 37.3 Å². The SMILES string of the molecule is CCc1sc(CC(=O)[C@@H]2CCCCN2C(=O)N2CCS(=O)(=O)CC2)nc1-c1ccccc1. The first-order valence-corrected chi connectivity index (χ1v) is 13.8. The first kappa shape index (κ1) is 22.9. The molecule has 2 fully saturated rings. The lowest BCUT2D eigenvalue weighted by Gasteiger charge is -2.39. The van der Waals surface area contributed by atoms with E-state index >= 15 is 0 Å².